The van der Waals surface area contributed by atoms with Crippen molar-refractivity contribution < 1.29 is 97.2 Å². The molecule has 4 saturated carbocycles. The van der Waals surface area contributed by atoms with Crippen molar-refractivity contribution in [3.8, 4) is 0 Å². The quantitative estimate of drug-likeness (QED) is 0.0272. The lowest BCUT2D eigenvalue weighted by Gasteiger charge is -2.39. The van der Waals surface area contributed by atoms with Crippen LogP contribution in [-0.2, 0) is 87.6 Å². The van der Waals surface area contributed by atoms with Crippen molar-refractivity contribution in [2.75, 3.05) is 89.3 Å². The van der Waals surface area contributed by atoms with Crippen LogP contribution >= 0.6 is 0 Å². The third-order valence-electron chi connectivity index (χ3n) is 30.9. The summed E-state index contributed by atoms with van der Waals surface area (Å²) in [5.74, 6) is -7.68. The number of carbonyl (C=O) groups excluding carboxylic acids is 15. The highest BCUT2D eigenvalue weighted by Gasteiger charge is 2.73. The van der Waals surface area contributed by atoms with Crippen LogP contribution in [0.15, 0.2) is 25.3 Å². The number of rotatable bonds is 40. The van der Waals surface area contributed by atoms with Crippen LogP contribution in [0.4, 0.5) is 14.4 Å². The second kappa shape index (κ2) is 45.9. The predicted molar refractivity (Wildman–Crippen MR) is 536 cm³/mol. The number of nitrogens with two attached hydrogens (primary N) is 1. The number of amides is 15. The van der Waals surface area contributed by atoms with E-state index in [0.717, 1.165) is 32.1 Å². The number of hydrogen-bond donors (Lipinski definition) is 12. The second-order valence-electron chi connectivity index (χ2n) is 48.1. The molecule has 39 nitrogen and oxygen atoms in total. The minimum Gasteiger partial charge on any atom is -0.363 e. The molecular formula is C99H168N18O21S3. The molecule has 13 N–H and O–H groups in total. The van der Waals surface area contributed by atoms with Gasteiger partial charge in [-0.25, -0.2) is 39.6 Å². The largest absolute Gasteiger partial charge is 0.363 e. The van der Waals surface area contributed by atoms with Gasteiger partial charge in [-0.2, -0.15) is 12.9 Å². The Kier molecular flexibility index (Phi) is 38.3. The summed E-state index contributed by atoms with van der Waals surface area (Å²) < 4.78 is 79.1. The van der Waals surface area contributed by atoms with Gasteiger partial charge in [0.15, 0.2) is 0 Å². The van der Waals surface area contributed by atoms with Gasteiger partial charge >= 0.3 is 18.1 Å². The van der Waals surface area contributed by atoms with E-state index in [0.29, 0.717) is 77.8 Å². The van der Waals surface area contributed by atoms with Crippen molar-refractivity contribution in [3.63, 3.8) is 0 Å². The van der Waals surface area contributed by atoms with Gasteiger partial charge in [0.1, 0.15) is 36.3 Å². The first-order valence-corrected chi connectivity index (χ1v) is 55.4. The number of nitrogens with one attached hydrogen (secondary N) is 11. The number of hydrogen-bond acceptors (Lipinski definition) is 21. The molecule has 0 spiro atoms. The van der Waals surface area contributed by atoms with Crippen molar-refractivity contribution >= 4 is 119 Å². The summed E-state index contributed by atoms with van der Waals surface area (Å²) >= 11 is 0. The average molecular weight is 2040 g/mol. The summed E-state index contributed by atoms with van der Waals surface area (Å²) in [4.78, 5) is 206. The fourth-order valence-corrected chi connectivity index (χ4v) is 25.7. The minimum atomic E-state index is -3.39. The van der Waals surface area contributed by atoms with Crippen molar-refractivity contribution in [2.24, 2.45) is 96.4 Å². The van der Waals surface area contributed by atoms with Gasteiger partial charge < -0.3 is 78.9 Å². The fourth-order valence-electron chi connectivity index (χ4n) is 21.1. The highest BCUT2D eigenvalue weighted by Crippen LogP contribution is 2.67. The summed E-state index contributed by atoms with van der Waals surface area (Å²) in [5.41, 5.74) is 1.49. The molecule has 798 valence electrons. The van der Waals surface area contributed by atoms with Gasteiger partial charge in [0, 0.05) is 90.1 Å². The Balaban J connectivity index is 0.000000259. The maximum Gasteiger partial charge on any atom is 0.315 e. The first-order chi connectivity index (χ1) is 64.9. The van der Waals surface area contributed by atoms with Crippen LogP contribution < -0.4 is 64.2 Å². The number of ketones is 3. The summed E-state index contributed by atoms with van der Waals surface area (Å²) in [6.07, 6.45) is 11.0. The van der Waals surface area contributed by atoms with Crippen LogP contribution in [0.5, 0.6) is 0 Å². The van der Waals surface area contributed by atoms with E-state index >= 15 is 0 Å². The highest BCUT2D eigenvalue weighted by atomic mass is 32.2. The van der Waals surface area contributed by atoms with E-state index in [9.17, 15) is 97.2 Å². The highest BCUT2D eigenvalue weighted by molar-refractivity contribution is 7.89. The number of piperidine rings is 3. The number of nitrogens with zero attached hydrogens (tertiary/aromatic N) is 6. The number of unbranched alkanes of at least 4 members (excludes halogenated alkanes) is 2. The summed E-state index contributed by atoms with van der Waals surface area (Å²) in [5, 5.41) is 30.7. The SMILES string of the molecule is C=CCNC(=O)C(=O)C(CCCC)NC(=O)[C@@H]1[C@@H]2[C@H](CN1C(=O)[C@@H](NC(=O)N[C@H](CN1CCCS1(=O)=O)C(C)(C)C)C(C)(C)C)C2(C)C.C=CCNC(=O)C(=O)C(CCCC)NC(=O)[C@@H]1[C@@H]2[C@H](CN1C(=O)[C@@H](NC(=O)N[C@H](CN1CCCS1(=O)=O)C(C)C)C(C)(C)C)C2(C)C.CC(C)(C)[C@H](NC(=O)N[C@H](CN1CCCS1(=O)=O)C(C)(C)C)C(=O)N1C[C@H]2[C@@H]([C@H]1C(=O)NC(CC1CCC1)C(=O)C(N)=O)C2(C)C. The fraction of sp³-hybridized carbons (Fsp3) is 0.808. The molecule has 4 aliphatic carbocycles. The molecule has 0 aromatic heterocycles. The Labute approximate surface area is 837 Å². The van der Waals surface area contributed by atoms with E-state index < -0.39 is 218 Å². The Morgan fingerprint density at radius 3 is 0.950 bits per heavy atom. The zero-order chi connectivity index (χ0) is 106. The van der Waals surface area contributed by atoms with Crippen LogP contribution in [0.3, 0.4) is 0 Å². The minimum absolute atomic E-state index is 0.0556. The Bertz CT molecular complexity index is 5000. The van der Waals surface area contributed by atoms with Gasteiger partial charge in [-0.15, -0.1) is 13.2 Å². The Morgan fingerprint density at radius 1 is 0.404 bits per heavy atom. The average Bonchev–Trinajstić information content (AvgIpc) is 1.53. The van der Waals surface area contributed by atoms with Crippen molar-refractivity contribution in [3.05, 3.63) is 25.3 Å². The second-order valence-corrected chi connectivity index (χ2v) is 54.4. The molecular weight excluding hydrogens is 1870 g/mol. The summed E-state index contributed by atoms with van der Waals surface area (Å²) in [7, 11) is -10.1. The molecule has 0 aromatic carbocycles. The number of carbonyl (C=O) groups is 15. The van der Waals surface area contributed by atoms with Crippen LogP contribution in [-0.4, -0.2) is 303 Å². The third-order valence-corrected chi connectivity index (χ3v) is 36.7. The predicted octanol–water partition coefficient (Wildman–Crippen LogP) is 5.33. The van der Waals surface area contributed by atoms with Gasteiger partial charge in [0.05, 0.1) is 35.4 Å². The molecule has 3 unspecified atom stereocenters. The van der Waals surface area contributed by atoms with Gasteiger partial charge in [0.25, 0.3) is 17.7 Å². The molecule has 6 saturated heterocycles. The van der Waals surface area contributed by atoms with E-state index in [1.54, 1.807) is 0 Å². The van der Waals surface area contributed by atoms with E-state index in [1.165, 1.54) is 39.8 Å². The first kappa shape index (κ1) is 118. The molecule has 6 heterocycles. The van der Waals surface area contributed by atoms with Gasteiger partial charge in [-0.1, -0.05) is 230 Å². The Morgan fingerprint density at radius 2 is 0.702 bits per heavy atom. The Hall–Kier alpha value is -8.74. The van der Waals surface area contributed by atoms with Crippen LogP contribution in [0.25, 0.3) is 0 Å². The number of likely N-dealkylation sites (tertiary alicyclic amines) is 3. The molecule has 10 fully saturated rings. The summed E-state index contributed by atoms with van der Waals surface area (Å²) in [6.45, 7) is 57.7. The van der Waals surface area contributed by atoms with E-state index in [1.807, 2.05) is 173 Å². The molecule has 10 rings (SSSR count). The summed E-state index contributed by atoms with van der Waals surface area (Å²) in [6, 6.07) is -12.2. The van der Waals surface area contributed by atoms with Crippen molar-refractivity contribution in [2.45, 2.75) is 329 Å². The molecule has 42 heteroatoms. The van der Waals surface area contributed by atoms with Gasteiger partial charge in [0.2, 0.25) is 82.9 Å². The lowest BCUT2D eigenvalue weighted by atomic mass is 9.80. The molecule has 6 aliphatic heterocycles. The zero-order valence-electron chi connectivity index (χ0n) is 88.3. The number of urea groups is 3. The van der Waals surface area contributed by atoms with E-state index in [4.69, 9.17) is 5.73 Å². The normalized spacial score (nSPS) is 25.7. The third kappa shape index (κ3) is 28.7. The molecule has 18 atom stereocenters. The topological polar surface area (TPSA) is 536 Å². The van der Waals surface area contributed by atoms with Gasteiger partial charge in [-0.3, -0.25) is 57.5 Å². The van der Waals surface area contributed by atoms with Gasteiger partial charge in [-0.05, 0) is 129 Å². The molecule has 0 aromatic rings. The number of Topliss-reactive ketones (excluding diaryl/α,β-unsaturated/α-hetero) is 3. The van der Waals surface area contributed by atoms with Crippen molar-refractivity contribution in [1.29, 1.82) is 0 Å². The zero-order valence-corrected chi connectivity index (χ0v) is 90.7. The van der Waals surface area contributed by atoms with E-state index in [2.05, 4.69) is 71.6 Å². The monoisotopic (exact) mass is 2040 g/mol. The molecule has 141 heavy (non-hydrogen) atoms. The number of sulfonamides is 3. The lowest BCUT2D eigenvalue weighted by Crippen LogP contribution is -2.62. The molecule has 0 bridgehead atoms. The first-order valence-electron chi connectivity index (χ1n) is 50.6. The molecule has 15 amide bonds. The number of fused-ring (bicyclic) bond motifs is 3. The number of primary amides is 1. The van der Waals surface area contributed by atoms with Crippen LogP contribution in [0.1, 0.15) is 257 Å². The smallest absolute Gasteiger partial charge is 0.315 e. The maximum absolute atomic E-state index is 14.4. The van der Waals surface area contributed by atoms with Crippen LogP contribution in [0, 0.1) is 90.7 Å². The maximum atomic E-state index is 14.4. The molecule has 10 aliphatic rings. The molecule has 0 radical (unpaired) electrons. The lowest BCUT2D eigenvalue weighted by molar-refractivity contribution is -0.145. The van der Waals surface area contributed by atoms with Crippen LogP contribution in [0.2, 0.25) is 0 Å². The standard InChI is InChI=1S/C34H58N6O7S.C33H56N6O7S.C32H54N6O7S/c1-11-13-15-22(26(41)29(43)35-16-12-2)36-28(42)25-24-21(34(24,9)10)19-40(25)30(44)27(33(6,7)8)38-31(45)37-23(32(3,4)5)20-39-17-14-18-48(39,46)47;1-10-12-14-22(26(40)29(42)34-15-11-2)35-28(41)25-24-21(33(24,8)9)18-39(25)30(43)27(32(5,6)7)37-31(44)36-23(20(3)4)19-38-16-13-17-47(38,45)46;1-30(2,3)21(17-37-13-10-14-46(37,44)45)35-29(43)36-25(31(4,5)6)28(42)38-16-19-22(32(19,7)8)23(38)27(41)34-20(24(39)26(33)40)15-18-11-9-12-18/h12,21-25,27H,2,11,13-20H2,1,3-10H3,(H,35,43)(H,36,42)(H2,37,38,45);11,20-25,27H,2,10,12-19H2,1,3-9H3,(H,34,42)(H,35,41)(H2,36,37,44);18-23,25H,9-17H2,1-8H3,(H2,33,40)(H,34,41)(H2,35,36,43)/t2*21-,22?,23+,24-,25-,27+;19-,20?,21+,22-,23-,25+/m000/s1. The van der Waals surface area contributed by atoms with Crippen molar-refractivity contribution in [1.82, 2.24) is 86.1 Å². The van der Waals surface area contributed by atoms with E-state index in [-0.39, 0.29) is 126 Å².